The second kappa shape index (κ2) is 4.29. The molecule has 0 radical (unpaired) electrons. The van der Waals surface area contributed by atoms with Gasteiger partial charge >= 0.3 is 0 Å². The average Bonchev–Trinajstić information content (AvgIpc) is 2.90. The second-order valence-electron chi connectivity index (χ2n) is 7.21. The number of aliphatic hydroxyl groups is 2. The van der Waals surface area contributed by atoms with E-state index in [0.29, 0.717) is 11.5 Å². The van der Waals surface area contributed by atoms with Gasteiger partial charge < -0.3 is 19.7 Å². The molecule has 0 amide bonds. The van der Waals surface area contributed by atoms with Crippen LogP contribution in [-0.2, 0) is 5.41 Å². The van der Waals surface area contributed by atoms with E-state index in [1.807, 2.05) is 18.2 Å². The molecule has 1 aromatic carbocycles. The molecule has 2 heterocycles. The lowest BCUT2D eigenvalue weighted by molar-refractivity contribution is -0.0823. The fraction of sp³-hybridized carbons (Fsp3) is 0.556. The third-order valence-corrected chi connectivity index (χ3v) is 6.41. The molecule has 2 bridgehead atoms. The zero-order valence-electron chi connectivity index (χ0n) is 13.3. The van der Waals surface area contributed by atoms with Crippen molar-refractivity contribution in [3.8, 4) is 11.5 Å². The molecule has 0 saturated carbocycles. The molecule has 6 atom stereocenters. The van der Waals surface area contributed by atoms with Crippen LogP contribution in [0.5, 0.6) is 11.5 Å². The lowest BCUT2D eigenvalue weighted by Gasteiger charge is -2.57. The molecule has 0 aromatic heterocycles. The summed E-state index contributed by atoms with van der Waals surface area (Å²) in [6.07, 6.45) is 3.35. The largest absolute Gasteiger partial charge is 0.493 e. The highest BCUT2D eigenvalue weighted by Gasteiger charge is 2.66. The van der Waals surface area contributed by atoms with Crippen LogP contribution in [0.2, 0.25) is 0 Å². The molecule has 1 aromatic rings. The smallest absolute Gasteiger partial charge is 0.166 e. The molecule has 1 saturated heterocycles. The number of rotatable bonds is 1. The van der Waals surface area contributed by atoms with Crippen molar-refractivity contribution in [2.24, 2.45) is 5.92 Å². The summed E-state index contributed by atoms with van der Waals surface area (Å²) in [6.45, 7) is 0.884. The maximum Gasteiger partial charge on any atom is 0.166 e. The monoisotopic (exact) mass is 315 g/mol. The summed E-state index contributed by atoms with van der Waals surface area (Å²) in [7, 11) is 3.70. The van der Waals surface area contributed by atoms with Crippen molar-refractivity contribution >= 4 is 0 Å². The molecular formula is C18H21NO4. The van der Waals surface area contributed by atoms with Gasteiger partial charge in [-0.3, -0.25) is 4.90 Å². The Bertz CT molecular complexity index is 717. The third-order valence-electron chi connectivity index (χ3n) is 6.41. The number of methoxy groups -OCH3 is 1. The van der Waals surface area contributed by atoms with Crippen molar-refractivity contribution in [3.05, 3.63) is 35.4 Å². The molecule has 1 spiro atoms. The number of piperidine rings is 1. The zero-order chi connectivity index (χ0) is 15.9. The predicted molar refractivity (Wildman–Crippen MR) is 83.7 cm³/mol. The van der Waals surface area contributed by atoms with Crippen molar-refractivity contribution in [3.63, 3.8) is 0 Å². The molecule has 5 rings (SSSR count). The molecule has 122 valence electrons. The Hall–Kier alpha value is -1.56. The van der Waals surface area contributed by atoms with Gasteiger partial charge in [0, 0.05) is 22.9 Å². The number of likely N-dealkylation sites (N-methyl/N-ethyl adjacent to an activating group) is 1. The molecule has 5 heteroatoms. The first kappa shape index (κ1) is 13.8. The summed E-state index contributed by atoms with van der Waals surface area (Å²) in [5, 5.41) is 21.6. The summed E-state index contributed by atoms with van der Waals surface area (Å²) >= 11 is 0. The lowest BCUT2D eigenvalue weighted by Crippen LogP contribution is -2.65. The van der Waals surface area contributed by atoms with Gasteiger partial charge in [0.2, 0.25) is 0 Å². The Balaban J connectivity index is 1.85. The number of aliphatic hydroxyl groups excluding tert-OH is 2. The van der Waals surface area contributed by atoms with Crippen molar-refractivity contribution in [1.29, 1.82) is 0 Å². The van der Waals surface area contributed by atoms with E-state index >= 15 is 0 Å². The van der Waals surface area contributed by atoms with Gasteiger partial charge in [-0.2, -0.15) is 0 Å². The van der Waals surface area contributed by atoms with Gasteiger partial charge in [-0.05, 0) is 31.6 Å². The van der Waals surface area contributed by atoms with Crippen LogP contribution in [-0.4, -0.2) is 54.1 Å². The fourth-order valence-electron chi connectivity index (χ4n) is 5.45. The van der Waals surface area contributed by atoms with Gasteiger partial charge in [0.05, 0.1) is 13.2 Å². The topological polar surface area (TPSA) is 62.2 Å². The normalized spacial score (nSPS) is 43.0. The number of ether oxygens (including phenoxy) is 2. The van der Waals surface area contributed by atoms with Crippen LogP contribution in [0.25, 0.3) is 0 Å². The Morgan fingerprint density at radius 1 is 1.30 bits per heavy atom. The van der Waals surface area contributed by atoms with E-state index < -0.39 is 12.2 Å². The van der Waals surface area contributed by atoms with Crippen molar-refractivity contribution in [2.75, 3.05) is 20.7 Å². The minimum Gasteiger partial charge on any atom is -0.493 e. The Morgan fingerprint density at radius 2 is 2.13 bits per heavy atom. The Labute approximate surface area is 135 Å². The fourth-order valence-corrected chi connectivity index (χ4v) is 5.45. The van der Waals surface area contributed by atoms with E-state index in [2.05, 4.69) is 18.0 Å². The molecule has 4 aliphatic rings. The van der Waals surface area contributed by atoms with E-state index in [1.54, 1.807) is 7.11 Å². The third kappa shape index (κ3) is 1.40. The molecule has 3 unspecified atom stereocenters. The molecule has 1 fully saturated rings. The van der Waals surface area contributed by atoms with Crippen molar-refractivity contribution in [1.82, 2.24) is 4.90 Å². The molecule has 2 N–H and O–H groups in total. The predicted octanol–water partition coefficient (Wildman–Crippen LogP) is 0.992. The highest BCUT2D eigenvalue weighted by molar-refractivity contribution is 5.62. The molecule has 5 nitrogen and oxygen atoms in total. The van der Waals surface area contributed by atoms with Gasteiger partial charge in [0.1, 0.15) is 12.2 Å². The molecule has 2 aliphatic heterocycles. The lowest BCUT2D eigenvalue weighted by atomic mass is 9.52. The van der Waals surface area contributed by atoms with E-state index in [0.717, 1.165) is 24.1 Å². The number of hydrogen-bond donors (Lipinski definition) is 2. The maximum absolute atomic E-state index is 11.0. The number of likely N-dealkylation sites (tertiary alicyclic amines) is 1. The minimum absolute atomic E-state index is 0.0189. The molecule has 23 heavy (non-hydrogen) atoms. The number of hydrogen-bond acceptors (Lipinski definition) is 5. The first-order valence-corrected chi connectivity index (χ1v) is 8.22. The van der Waals surface area contributed by atoms with Gasteiger partial charge in [0.25, 0.3) is 0 Å². The summed E-state index contributed by atoms with van der Waals surface area (Å²) in [4.78, 5) is 2.24. The highest BCUT2D eigenvalue weighted by Crippen LogP contribution is 2.64. The summed E-state index contributed by atoms with van der Waals surface area (Å²) in [5.74, 6) is 1.54. The Morgan fingerprint density at radius 3 is 2.91 bits per heavy atom. The standard InChI is InChI=1S/C18H21NO4/c1-19-8-7-18-10-4-5-11(20)17(18)23-16-12(22-2)6-3-9(13(16)18)15(21)14(10)19/h3-6,10-11,14-15,17,20-21H,7-8H2,1-2H3/t10-,11?,14+,15?,17?,18+/m1/s1. The maximum atomic E-state index is 11.0. The average molecular weight is 315 g/mol. The van der Waals surface area contributed by atoms with Gasteiger partial charge in [-0.15, -0.1) is 0 Å². The number of benzene rings is 1. The van der Waals surface area contributed by atoms with Crippen LogP contribution in [0.3, 0.4) is 0 Å². The van der Waals surface area contributed by atoms with Crippen LogP contribution in [0.1, 0.15) is 23.7 Å². The van der Waals surface area contributed by atoms with Crippen LogP contribution >= 0.6 is 0 Å². The molecule has 2 aliphatic carbocycles. The summed E-state index contributed by atoms with van der Waals surface area (Å²) in [5.41, 5.74) is 1.73. The Kier molecular flexibility index (Phi) is 2.58. The van der Waals surface area contributed by atoms with Crippen LogP contribution < -0.4 is 9.47 Å². The second-order valence-corrected chi connectivity index (χ2v) is 7.21. The van der Waals surface area contributed by atoms with E-state index in [4.69, 9.17) is 9.47 Å². The number of nitrogens with zero attached hydrogens (tertiary/aromatic N) is 1. The van der Waals surface area contributed by atoms with E-state index in [9.17, 15) is 10.2 Å². The summed E-state index contributed by atoms with van der Waals surface area (Å²) in [6, 6.07) is 3.84. The highest BCUT2D eigenvalue weighted by atomic mass is 16.5. The van der Waals surface area contributed by atoms with Crippen molar-refractivity contribution < 1.29 is 19.7 Å². The summed E-state index contributed by atoms with van der Waals surface area (Å²) < 4.78 is 11.7. The molecular weight excluding hydrogens is 294 g/mol. The van der Waals surface area contributed by atoms with E-state index in [-0.39, 0.29) is 23.5 Å². The first-order chi connectivity index (χ1) is 11.1. The van der Waals surface area contributed by atoms with Crippen LogP contribution in [0, 0.1) is 5.92 Å². The van der Waals surface area contributed by atoms with Crippen LogP contribution in [0.15, 0.2) is 24.3 Å². The first-order valence-electron chi connectivity index (χ1n) is 8.22. The van der Waals surface area contributed by atoms with Gasteiger partial charge in [-0.25, -0.2) is 0 Å². The zero-order valence-corrected chi connectivity index (χ0v) is 13.3. The van der Waals surface area contributed by atoms with Gasteiger partial charge in [0.15, 0.2) is 11.5 Å². The minimum atomic E-state index is -0.629. The van der Waals surface area contributed by atoms with E-state index in [1.165, 1.54) is 0 Å². The quantitative estimate of drug-likeness (QED) is 0.757. The van der Waals surface area contributed by atoms with Gasteiger partial charge in [-0.1, -0.05) is 18.2 Å². The SMILES string of the molecule is COc1ccc2c3c1OC1C(O)C=C[C@@H]4[C@@H](C2O)N(C)CC[C@]314. The van der Waals surface area contributed by atoms with Crippen LogP contribution in [0.4, 0.5) is 0 Å². The van der Waals surface area contributed by atoms with Crippen molar-refractivity contribution in [2.45, 2.75) is 36.2 Å².